The van der Waals surface area contributed by atoms with Gasteiger partial charge in [-0.15, -0.1) is 0 Å². The molecule has 2 N–H and O–H groups in total. The van der Waals surface area contributed by atoms with E-state index in [0.717, 1.165) is 25.3 Å². The van der Waals surface area contributed by atoms with Crippen LogP contribution < -0.4 is 28.4 Å². The Kier molecular flexibility index (Phi) is 10.3. The highest BCUT2D eigenvalue weighted by molar-refractivity contribution is 7.91. The predicted octanol–water partition coefficient (Wildman–Crippen LogP) is 3.59. The highest BCUT2D eigenvalue weighted by Gasteiger charge is 2.28. The summed E-state index contributed by atoms with van der Waals surface area (Å²) in [4.78, 5) is 23.3. The molecule has 53 heavy (non-hydrogen) atoms. The summed E-state index contributed by atoms with van der Waals surface area (Å²) in [6.07, 6.45) is 11.0. The third-order valence-electron chi connectivity index (χ3n) is 8.87. The molecule has 15 heteroatoms. The zero-order valence-electron chi connectivity index (χ0n) is 28.6. The van der Waals surface area contributed by atoms with Crippen molar-refractivity contribution in [1.82, 2.24) is 9.97 Å². The summed E-state index contributed by atoms with van der Waals surface area (Å²) in [6, 6.07) is 26.5. The van der Waals surface area contributed by atoms with Crippen LogP contribution in [-0.4, -0.2) is 65.6 Å². The van der Waals surface area contributed by atoms with Crippen LogP contribution in [-0.2, 0) is 37.6 Å². The van der Waals surface area contributed by atoms with Crippen molar-refractivity contribution in [3.05, 3.63) is 135 Å². The molecule has 6 aromatic rings. The molecule has 4 heterocycles. The summed E-state index contributed by atoms with van der Waals surface area (Å²) in [5, 5.41) is 0. The molecule has 0 bridgehead atoms. The molecule has 4 aromatic carbocycles. The van der Waals surface area contributed by atoms with Crippen LogP contribution in [0.1, 0.15) is 0 Å². The lowest BCUT2D eigenvalue weighted by molar-refractivity contribution is -0.693. The number of imidazole rings is 2. The Morgan fingerprint density at radius 2 is 1.17 bits per heavy atom. The Morgan fingerprint density at radius 3 is 1.74 bits per heavy atom. The number of carbonyl (C=O) groups excluding carboxylic acids is 1. The number of aromatic nitrogens is 4. The van der Waals surface area contributed by atoms with E-state index < -0.39 is 19.7 Å². The van der Waals surface area contributed by atoms with Crippen LogP contribution >= 0.6 is 0 Å². The number of hydrogen-bond donors (Lipinski definition) is 2. The molecular weight excluding hydrogens is 717 g/mol. The van der Waals surface area contributed by atoms with E-state index in [2.05, 4.69) is 19.4 Å². The first-order valence-electron chi connectivity index (χ1n) is 16.9. The zero-order chi connectivity index (χ0) is 36.8. The first kappa shape index (κ1) is 35.5. The van der Waals surface area contributed by atoms with E-state index in [0.29, 0.717) is 36.9 Å². The second kappa shape index (κ2) is 15.4. The van der Waals surface area contributed by atoms with Gasteiger partial charge in [0.25, 0.3) is 5.91 Å². The van der Waals surface area contributed by atoms with Gasteiger partial charge in [-0.2, -0.15) is 0 Å². The molecule has 1 amide bonds. The summed E-state index contributed by atoms with van der Waals surface area (Å²) in [7, 11) is -7.19. The van der Waals surface area contributed by atoms with Gasteiger partial charge in [0.15, 0.2) is 6.54 Å². The molecule has 0 radical (unpaired) electrons. The number of carbonyl (C=O) groups is 1. The molecule has 0 unspecified atom stereocenters. The first-order valence-corrected chi connectivity index (χ1v) is 19.9. The van der Waals surface area contributed by atoms with Crippen molar-refractivity contribution in [2.75, 3.05) is 42.6 Å². The van der Waals surface area contributed by atoms with Crippen LogP contribution in [0.5, 0.6) is 11.5 Å². The van der Waals surface area contributed by atoms with Crippen LogP contribution in [0.15, 0.2) is 154 Å². The van der Waals surface area contributed by atoms with Crippen LogP contribution in [0.25, 0.3) is 0 Å². The van der Waals surface area contributed by atoms with Crippen LogP contribution in [0.4, 0.5) is 11.4 Å². The Bertz CT molecular complexity index is 2390. The van der Waals surface area contributed by atoms with Crippen LogP contribution in [0.3, 0.4) is 0 Å². The average Bonchev–Trinajstić information content (AvgIpc) is 3.92. The predicted molar refractivity (Wildman–Crippen MR) is 194 cm³/mol. The number of hydrogen-bond acceptors (Lipinski definition) is 8. The molecular formula is C38H38N6O7S2+2. The van der Waals surface area contributed by atoms with Gasteiger partial charge in [-0.25, -0.2) is 26.0 Å². The van der Waals surface area contributed by atoms with E-state index in [4.69, 9.17) is 9.47 Å². The molecule has 13 nitrogen and oxygen atoms in total. The van der Waals surface area contributed by atoms with E-state index in [-0.39, 0.29) is 32.0 Å². The summed E-state index contributed by atoms with van der Waals surface area (Å²) in [5.74, 6) is 0.917. The van der Waals surface area contributed by atoms with Crippen LogP contribution in [0, 0.1) is 0 Å². The number of rotatable bonds is 9. The number of anilines is 2. The lowest BCUT2D eigenvalue weighted by Gasteiger charge is -2.31. The molecule has 0 saturated carbocycles. The topological polar surface area (TPSA) is 150 Å². The third kappa shape index (κ3) is 7.80. The van der Waals surface area contributed by atoms with Gasteiger partial charge in [-0.3, -0.25) is 14.8 Å². The Balaban J connectivity index is 0.000000164. The van der Waals surface area contributed by atoms with Gasteiger partial charge < -0.3 is 19.3 Å². The van der Waals surface area contributed by atoms with Crippen molar-refractivity contribution in [1.29, 1.82) is 0 Å². The Labute approximate surface area is 307 Å². The lowest BCUT2D eigenvalue weighted by Crippen LogP contribution is -2.46. The molecule has 272 valence electrons. The number of nitrogens with one attached hydrogen (secondary N) is 2. The van der Waals surface area contributed by atoms with E-state index in [9.17, 15) is 21.6 Å². The van der Waals surface area contributed by atoms with E-state index in [1.165, 1.54) is 12.1 Å². The number of aromatic amines is 2. The monoisotopic (exact) mass is 754 g/mol. The van der Waals surface area contributed by atoms with Crippen molar-refractivity contribution < 1.29 is 40.2 Å². The molecule has 2 aromatic heterocycles. The zero-order valence-corrected chi connectivity index (χ0v) is 30.2. The standard InChI is InChI=1S/C19H17N3O4S.C19H19N3O3S/c23-19(13-21-9-8-20-14-21)22-10-11-26-18-12-16(6-7-17(18)22)27(24,25)15-4-2-1-3-5-15;23-26(24,16-4-2-1-3-5-16)17-6-7-18-19(14-17)25-13-12-22(18)11-10-21-9-8-20-15-21/h1-9,12,14H,10-11,13H2;1-9,14-15H,10-13H2/p+2. The minimum atomic E-state index is -3.64. The van der Waals surface area contributed by atoms with Crippen LogP contribution in [0.2, 0.25) is 0 Å². The second-order valence-electron chi connectivity index (χ2n) is 12.3. The van der Waals surface area contributed by atoms with E-state index in [1.807, 2.05) is 24.8 Å². The molecule has 2 aliphatic rings. The van der Waals surface area contributed by atoms with Gasteiger partial charge >= 0.3 is 0 Å². The van der Waals surface area contributed by atoms with E-state index >= 15 is 0 Å². The number of ether oxygens (including phenoxy) is 2. The summed E-state index contributed by atoms with van der Waals surface area (Å²) in [5.41, 5.74) is 1.51. The van der Waals surface area contributed by atoms with Crippen molar-refractivity contribution in [3.63, 3.8) is 0 Å². The van der Waals surface area contributed by atoms with Gasteiger partial charge in [0, 0.05) is 12.1 Å². The van der Waals surface area contributed by atoms with Crippen molar-refractivity contribution in [2.45, 2.75) is 32.7 Å². The highest BCUT2D eigenvalue weighted by Crippen LogP contribution is 2.36. The van der Waals surface area contributed by atoms with Gasteiger partial charge in [-0.05, 0) is 48.5 Å². The van der Waals surface area contributed by atoms with Gasteiger partial charge in [0.1, 0.15) is 56.0 Å². The quantitative estimate of drug-likeness (QED) is 0.213. The fourth-order valence-electron chi connectivity index (χ4n) is 6.11. The average molecular weight is 755 g/mol. The molecule has 8 rings (SSSR count). The van der Waals surface area contributed by atoms with Crippen molar-refractivity contribution >= 4 is 37.0 Å². The smallest absolute Gasteiger partial charge is 0.269 e. The Morgan fingerprint density at radius 1 is 0.642 bits per heavy atom. The van der Waals surface area contributed by atoms with E-state index in [1.54, 1.807) is 107 Å². The highest BCUT2D eigenvalue weighted by atomic mass is 32.2. The number of nitrogens with zero attached hydrogens (tertiary/aromatic N) is 4. The number of benzene rings is 4. The van der Waals surface area contributed by atoms with Gasteiger partial charge in [0.2, 0.25) is 32.3 Å². The first-order chi connectivity index (χ1) is 25.7. The Hall–Kier alpha value is -5.93. The van der Waals surface area contributed by atoms with Gasteiger partial charge in [-0.1, -0.05) is 36.4 Å². The maximum Gasteiger partial charge on any atom is 0.269 e. The molecule has 0 spiro atoms. The number of fused-ring (bicyclic) bond motifs is 2. The largest absolute Gasteiger partial charge is 0.490 e. The maximum atomic E-state index is 12.8. The molecule has 0 atom stereocenters. The fourth-order valence-corrected chi connectivity index (χ4v) is 8.71. The molecule has 0 fully saturated rings. The minimum Gasteiger partial charge on any atom is -0.490 e. The SMILES string of the molecule is O=C(C[n+]1cc[nH]c1)N1CCOc2cc(S(=O)(=O)c3ccccc3)ccc21.O=S(=O)(c1ccccc1)c1ccc2c(c1)OCCN2CC[n+]1cc[nH]c1. The van der Waals surface area contributed by atoms with Crippen molar-refractivity contribution in [3.8, 4) is 11.5 Å². The normalized spacial score (nSPS) is 13.8. The maximum absolute atomic E-state index is 12.8. The van der Waals surface area contributed by atoms with Crippen molar-refractivity contribution in [2.24, 2.45) is 0 Å². The number of amides is 1. The molecule has 2 aliphatic heterocycles. The molecule has 0 saturated heterocycles. The third-order valence-corrected chi connectivity index (χ3v) is 12.4. The summed E-state index contributed by atoms with van der Waals surface area (Å²) < 4.78 is 66.4. The fraction of sp³-hybridized carbons (Fsp3) is 0.184. The minimum absolute atomic E-state index is 0.0946. The number of H-pyrrole nitrogens is 2. The summed E-state index contributed by atoms with van der Waals surface area (Å²) >= 11 is 0. The summed E-state index contributed by atoms with van der Waals surface area (Å²) in [6.45, 7) is 3.90. The number of sulfone groups is 2. The molecule has 0 aliphatic carbocycles. The second-order valence-corrected chi connectivity index (χ2v) is 16.2. The lowest BCUT2D eigenvalue weighted by atomic mass is 10.2. The van der Waals surface area contributed by atoms with Gasteiger partial charge in [0.05, 0.1) is 50.6 Å².